The van der Waals surface area contributed by atoms with Gasteiger partial charge in [-0.25, -0.2) is 4.79 Å². The van der Waals surface area contributed by atoms with E-state index in [4.69, 9.17) is 9.47 Å². The highest BCUT2D eigenvalue weighted by Gasteiger charge is 2.10. The van der Waals surface area contributed by atoms with Gasteiger partial charge in [-0.05, 0) is 25.5 Å². The van der Waals surface area contributed by atoms with Gasteiger partial charge in [0.25, 0.3) is 5.69 Å². The number of carbonyl (C=O) groups is 1. The van der Waals surface area contributed by atoms with Crippen LogP contribution in [-0.2, 0) is 14.3 Å². The van der Waals surface area contributed by atoms with E-state index in [0.717, 1.165) is 11.3 Å². The summed E-state index contributed by atoms with van der Waals surface area (Å²) in [5, 5.41) is 23.4. The SMILES string of the molecule is C=C(C)C(=O)OCC(O)COCCNc1ccc([N+](=O)[O-])cc1C. The van der Waals surface area contributed by atoms with E-state index >= 15 is 0 Å². The monoisotopic (exact) mass is 338 g/mol. The van der Waals surface area contributed by atoms with Crippen molar-refractivity contribution >= 4 is 17.3 Å². The molecule has 0 aliphatic carbocycles. The molecule has 24 heavy (non-hydrogen) atoms. The second kappa shape index (κ2) is 9.64. The zero-order valence-corrected chi connectivity index (χ0v) is 13.8. The first-order chi connectivity index (χ1) is 11.3. The van der Waals surface area contributed by atoms with Gasteiger partial charge in [-0.2, -0.15) is 0 Å². The molecule has 0 radical (unpaired) electrons. The fourth-order valence-electron chi connectivity index (χ4n) is 1.78. The lowest BCUT2D eigenvalue weighted by Gasteiger charge is -2.13. The molecule has 8 nitrogen and oxygen atoms in total. The number of ether oxygens (including phenoxy) is 2. The number of nitrogens with zero attached hydrogens (tertiary/aromatic N) is 1. The van der Waals surface area contributed by atoms with Crippen LogP contribution in [0.3, 0.4) is 0 Å². The minimum Gasteiger partial charge on any atom is -0.460 e. The molecule has 1 atom stereocenters. The number of aliphatic hydroxyl groups excluding tert-OH is 1. The fraction of sp³-hybridized carbons (Fsp3) is 0.438. The maximum Gasteiger partial charge on any atom is 0.333 e. The van der Waals surface area contributed by atoms with Crippen LogP contribution in [-0.4, -0.2) is 48.5 Å². The van der Waals surface area contributed by atoms with Crippen LogP contribution in [0.25, 0.3) is 0 Å². The van der Waals surface area contributed by atoms with Gasteiger partial charge in [0.1, 0.15) is 12.7 Å². The van der Waals surface area contributed by atoms with Gasteiger partial charge < -0.3 is 19.9 Å². The Hall–Kier alpha value is -2.45. The van der Waals surface area contributed by atoms with E-state index in [9.17, 15) is 20.0 Å². The van der Waals surface area contributed by atoms with Crippen molar-refractivity contribution in [1.29, 1.82) is 0 Å². The van der Waals surface area contributed by atoms with Gasteiger partial charge in [-0.3, -0.25) is 10.1 Å². The van der Waals surface area contributed by atoms with Crippen LogP contribution < -0.4 is 5.32 Å². The normalized spacial score (nSPS) is 11.6. The second-order valence-electron chi connectivity index (χ2n) is 5.29. The third kappa shape index (κ3) is 6.76. The van der Waals surface area contributed by atoms with E-state index in [1.807, 2.05) is 0 Å². The summed E-state index contributed by atoms with van der Waals surface area (Å²) in [7, 11) is 0. The van der Waals surface area contributed by atoms with E-state index in [1.165, 1.54) is 19.1 Å². The lowest BCUT2D eigenvalue weighted by Crippen LogP contribution is -2.25. The van der Waals surface area contributed by atoms with Crippen LogP contribution in [0, 0.1) is 17.0 Å². The molecular weight excluding hydrogens is 316 g/mol. The summed E-state index contributed by atoms with van der Waals surface area (Å²) in [5.41, 5.74) is 1.85. The fourth-order valence-corrected chi connectivity index (χ4v) is 1.78. The number of nitro benzene ring substituents is 1. The number of nitro groups is 1. The van der Waals surface area contributed by atoms with E-state index in [1.54, 1.807) is 13.0 Å². The number of carbonyl (C=O) groups excluding carboxylic acids is 1. The molecule has 0 saturated heterocycles. The van der Waals surface area contributed by atoms with E-state index in [2.05, 4.69) is 11.9 Å². The van der Waals surface area contributed by atoms with Crippen LogP contribution in [0.1, 0.15) is 12.5 Å². The highest BCUT2D eigenvalue weighted by atomic mass is 16.6. The quantitative estimate of drug-likeness (QED) is 0.220. The average molecular weight is 338 g/mol. The summed E-state index contributed by atoms with van der Waals surface area (Å²) in [6, 6.07) is 4.55. The van der Waals surface area contributed by atoms with Crippen molar-refractivity contribution in [3.8, 4) is 0 Å². The van der Waals surface area contributed by atoms with Crippen LogP contribution >= 0.6 is 0 Å². The molecule has 0 spiro atoms. The highest BCUT2D eigenvalue weighted by Crippen LogP contribution is 2.20. The van der Waals surface area contributed by atoms with Gasteiger partial charge in [0.15, 0.2) is 0 Å². The van der Waals surface area contributed by atoms with E-state index < -0.39 is 17.0 Å². The summed E-state index contributed by atoms with van der Waals surface area (Å²) in [5.74, 6) is -0.552. The number of benzene rings is 1. The highest BCUT2D eigenvalue weighted by molar-refractivity contribution is 5.86. The van der Waals surface area contributed by atoms with Crippen molar-refractivity contribution in [3.05, 3.63) is 46.0 Å². The van der Waals surface area contributed by atoms with Gasteiger partial charge in [0, 0.05) is 29.9 Å². The first-order valence-corrected chi connectivity index (χ1v) is 7.38. The molecule has 132 valence electrons. The predicted octanol–water partition coefficient (Wildman–Crippen LogP) is 1.81. The van der Waals surface area contributed by atoms with Crippen molar-refractivity contribution in [2.45, 2.75) is 20.0 Å². The lowest BCUT2D eigenvalue weighted by molar-refractivity contribution is -0.384. The molecule has 0 aromatic heterocycles. The molecule has 1 aromatic carbocycles. The lowest BCUT2D eigenvalue weighted by atomic mass is 10.2. The Morgan fingerprint density at radius 2 is 2.17 bits per heavy atom. The smallest absolute Gasteiger partial charge is 0.333 e. The maximum absolute atomic E-state index is 11.2. The van der Waals surface area contributed by atoms with Crippen LogP contribution in [0.5, 0.6) is 0 Å². The number of hydrogen-bond acceptors (Lipinski definition) is 7. The van der Waals surface area contributed by atoms with Crippen molar-refractivity contribution in [2.75, 3.05) is 31.7 Å². The number of rotatable bonds is 10. The summed E-state index contributed by atoms with van der Waals surface area (Å²) < 4.78 is 10.1. The molecule has 1 unspecified atom stereocenters. The maximum atomic E-state index is 11.2. The predicted molar refractivity (Wildman–Crippen MR) is 88.9 cm³/mol. The molecule has 8 heteroatoms. The Bertz CT molecular complexity index is 602. The molecule has 0 fully saturated rings. The number of non-ortho nitro benzene ring substituents is 1. The van der Waals surface area contributed by atoms with Gasteiger partial charge in [0.2, 0.25) is 0 Å². The molecule has 0 amide bonds. The third-order valence-electron chi connectivity index (χ3n) is 3.05. The summed E-state index contributed by atoms with van der Waals surface area (Å²) in [6.07, 6.45) is -0.908. The minimum atomic E-state index is -0.908. The van der Waals surface area contributed by atoms with Gasteiger partial charge in [-0.15, -0.1) is 0 Å². The zero-order valence-electron chi connectivity index (χ0n) is 13.8. The van der Waals surface area contributed by atoms with Crippen molar-refractivity contribution < 1.29 is 24.3 Å². The molecule has 0 heterocycles. The standard InChI is InChI=1S/C16H22N2O6/c1-11(2)16(20)24-10-14(19)9-23-7-6-17-15-5-4-13(18(21)22)8-12(15)3/h4-5,8,14,17,19H,1,6-7,9-10H2,2-3H3. The van der Waals surface area contributed by atoms with Gasteiger partial charge in [0.05, 0.1) is 18.1 Å². The topological polar surface area (TPSA) is 111 Å². The number of anilines is 1. The first kappa shape index (κ1) is 19.6. The van der Waals surface area contributed by atoms with Crippen molar-refractivity contribution in [1.82, 2.24) is 0 Å². The Kier molecular flexibility index (Phi) is 7.87. The number of aliphatic hydroxyl groups is 1. The zero-order chi connectivity index (χ0) is 18.1. The molecule has 0 aliphatic heterocycles. The summed E-state index contributed by atoms with van der Waals surface area (Å²) in [6.45, 7) is 7.41. The Balaban J connectivity index is 2.23. The van der Waals surface area contributed by atoms with Crippen LogP contribution in [0.2, 0.25) is 0 Å². The second-order valence-corrected chi connectivity index (χ2v) is 5.29. The number of aryl methyl sites for hydroxylation is 1. The number of hydrogen-bond donors (Lipinski definition) is 2. The van der Waals surface area contributed by atoms with E-state index in [-0.39, 0.29) is 24.5 Å². The minimum absolute atomic E-state index is 0.0321. The van der Waals surface area contributed by atoms with Crippen molar-refractivity contribution in [2.24, 2.45) is 0 Å². The molecular formula is C16H22N2O6. The van der Waals surface area contributed by atoms with E-state index in [0.29, 0.717) is 13.2 Å². The summed E-state index contributed by atoms with van der Waals surface area (Å²) in [4.78, 5) is 21.4. The first-order valence-electron chi connectivity index (χ1n) is 7.38. The molecule has 0 bridgehead atoms. The number of nitrogens with one attached hydrogen (secondary N) is 1. The molecule has 1 aromatic rings. The number of esters is 1. The third-order valence-corrected chi connectivity index (χ3v) is 3.05. The Labute approximate surface area is 140 Å². The van der Waals surface area contributed by atoms with Crippen molar-refractivity contribution in [3.63, 3.8) is 0 Å². The molecule has 0 aliphatic rings. The van der Waals surface area contributed by atoms with Gasteiger partial charge >= 0.3 is 5.97 Å². The van der Waals surface area contributed by atoms with Crippen LogP contribution in [0.15, 0.2) is 30.4 Å². The van der Waals surface area contributed by atoms with Gasteiger partial charge in [-0.1, -0.05) is 6.58 Å². The largest absolute Gasteiger partial charge is 0.460 e. The Morgan fingerprint density at radius 1 is 1.46 bits per heavy atom. The average Bonchev–Trinajstić information content (AvgIpc) is 2.53. The molecule has 1 rings (SSSR count). The van der Waals surface area contributed by atoms with Crippen LogP contribution in [0.4, 0.5) is 11.4 Å². The Morgan fingerprint density at radius 3 is 2.75 bits per heavy atom. The summed E-state index contributed by atoms with van der Waals surface area (Å²) >= 11 is 0. The molecule has 2 N–H and O–H groups in total. The molecule has 0 saturated carbocycles.